The zero-order valence-corrected chi connectivity index (χ0v) is 13.5. The van der Waals surface area contributed by atoms with Crippen LogP contribution in [0.1, 0.15) is 34.6 Å². The standard InChI is InChI=1S/C13H24N2O4S/c1-7(2)11(14)13(18)20-6-10(15-9(5)16)12(17)19-8(3)4/h7-8,10-11H,6,14H2,1-5H3,(H,15,16)/t10-,11-/m0/s1. The third-order valence-electron chi connectivity index (χ3n) is 2.40. The second kappa shape index (κ2) is 8.97. The minimum absolute atomic E-state index is 0.0248. The van der Waals surface area contributed by atoms with E-state index in [0.717, 1.165) is 11.8 Å². The van der Waals surface area contributed by atoms with Crippen molar-refractivity contribution in [3.63, 3.8) is 0 Å². The number of nitrogens with one attached hydrogen (secondary N) is 1. The summed E-state index contributed by atoms with van der Waals surface area (Å²) in [5, 5.41) is 2.28. The second-order valence-electron chi connectivity index (χ2n) is 5.14. The molecule has 0 aliphatic heterocycles. The molecule has 0 aromatic heterocycles. The van der Waals surface area contributed by atoms with Crippen molar-refractivity contribution < 1.29 is 19.1 Å². The smallest absolute Gasteiger partial charge is 0.329 e. The predicted molar refractivity (Wildman–Crippen MR) is 79.1 cm³/mol. The van der Waals surface area contributed by atoms with E-state index in [2.05, 4.69) is 5.32 Å². The maximum Gasteiger partial charge on any atom is 0.329 e. The van der Waals surface area contributed by atoms with E-state index in [1.165, 1.54) is 6.92 Å². The highest BCUT2D eigenvalue weighted by Crippen LogP contribution is 2.13. The number of thioether (sulfide) groups is 1. The summed E-state index contributed by atoms with van der Waals surface area (Å²) in [4.78, 5) is 34.7. The molecule has 3 N–H and O–H groups in total. The fourth-order valence-electron chi connectivity index (χ4n) is 1.26. The number of hydrogen-bond donors (Lipinski definition) is 2. The summed E-state index contributed by atoms with van der Waals surface area (Å²) >= 11 is 0.939. The fraction of sp³-hybridized carbons (Fsp3) is 0.769. The van der Waals surface area contributed by atoms with Gasteiger partial charge in [-0.25, -0.2) is 4.79 Å². The lowest BCUT2D eigenvalue weighted by Gasteiger charge is -2.19. The Hall–Kier alpha value is -1.08. The molecule has 0 rings (SSSR count). The molecule has 0 aliphatic carbocycles. The van der Waals surface area contributed by atoms with Gasteiger partial charge < -0.3 is 15.8 Å². The van der Waals surface area contributed by atoms with Crippen molar-refractivity contribution in [1.29, 1.82) is 0 Å². The molecule has 0 aromatic rings. The monoisotopic (exact) mass is 304 g/mol. The summed E-state index contributed by atoms with van der Waals surface area (Å²) in [6, 6.07) is -1.43. The van der Waals surface area contributed by atoms with Crippen molar-refractivity contribution in [1.82, 2.24) is 5.32 Å². The fourth-order valence-corrected chi connectivity index (χ4v) is 2.28. The highest BCUT2D eigenvalue weighted by Gasteiger charge is 2.25. The highest BCUT2D eigenvalue weighted by atomic mass is 32.2. The largest absolute Gasteiger partial charge is 0.461 e. The summed E-state index contributed by atoms with van der Waals surface area (Å²) in [6.07, 6.45) is -0.280. The minimum atomic E-state index is -0.844. The Morgan fingerprint density at radius 2 is 1.75 bits per heavy atom. The molecule has 0 heterocycles. The average Bonchev–Trinajstić information content (AvgIpc) is 2.31. The number of esters is 1. The molecule has 0 saturated carbocycles. The molecule has 0 radical (unpaired) electrons. The first-order valence-electron chi connectivity index (χ1n) is 6.55. The molecule has 0 aromatic carbocycles. The first-order valence-corrected chi connectivity index (χ1v) is 7.53. The van der Waals surface area contributed by atoms with Crippen LogP contribution in [0.2, 0.25) is 0 Å². The van der Waals surface area contributed by atoms with Gasteiger partial charge in [-0.15, -0.1) is 0 Å². The first kappa shape index (κ1) is 18.9. The van der Waals surface area contributed by atoms with E-state index in [1.807, 2.05) is 13.8 Å². The van der Waals surface area contributed by atoms with Crippen molar-refractivity contribution in [2.75, 3.05) is 5.75 Å². The third-order valence-corrected chi connectivity index (χ3v) is 3.45. The van der Waals surface area contributed by atoms with Gasteiger partial charge >= 0.3 is 5.97 Å². The van der Waals surface area contributed by atoms with Crippen molar-refractivity contribution in [2.24, 2.45) is 11.7 Å². The van der Waals surface area contributed by atoms with Crippen LogP contribution in [0.4, 0.5) is 0 Å². The summed E-state index contributed by atoms with van der Waals surface area (Å²) in [6.45, 7) is 8.44. The molecule has 0 unspecified atom stereocenters. The molecule has 0 fully saturated rings. The number of amides is 1. The average molecular weight is 304 g/mol. The van der Waals surface area contributed by atoms with Crippen molar-refractivity contribution in [3.05, 3.63) is 0 Å². The van der Waals surface area contributed by atoms with Crippen LogP contribution in [0.3, 0.4) is 0 Å². The molecule has 1 amide bonds. The van der Waals surface area contributed by atoms with Crippen LogP contribution in [-0.4, -0.2) is 40.9 Å². The van der Waals surface area contributed by atoms with Crippen LogP contribution in [0.15, 0.2) is 0 Å². The highest BCUT2D eigenvalue weighted by molar-refractivity contribution is 8.13. The maximum absolute atomic E-state index is 11.8. The van der Waals surface area contributed by atoms with E-state index in [4.69, 9.17) is 10.5 Å². The number of ether oxygens (including phenoxy) is 1. The van der Waals surface area contributed by atoms with E-state index in [1.54, 1.807) is 13.8 Å². The van der Waals surface area contributed by atoms with Gasteiger partial charge in [-0.1, -0.05) is 25.6 Å². The number of carbonyl (C=O) groups excluding carboxylic acids is 3. The Labute approximate surface area is 124 Å². The van der Waals surface area contributed by atoms with E-state index in [9.17, 15) is 14.4 Å². The molecule has 2 atom stereocenters. The van der Waals surface area contributed by atoms with Gasteiger partial charge in [0.25, 0.3) is 0 Å². The van der Waals surface area contributed by atoms with Crippen LogP contribution < -0.4 is 11.1 Å². The topological polar surface area (TPSA) is 98.5 Å². The Bertz CT molecular complexity index is 358. The van der Waals surface area contributed by atoms with E-state index < -0.39 is 18.1 Å². The van der Waals surface area contributed by atoms with Gasteiger partial charge in [0.2, 0.25) is 11.0 Å². The molecule has 6 nitrogen and oxygen atoms in total. The van der Waals surface area contributed by atoms with Crippen LogP contribution in [0.25, 0.3) is 0 Å². The van der Waals surface area contributed by atoms with Crippen molar-refractivity contribution in [3.8, 4) is 0 Å². The van der Waals surface area contributed by atoms with Gasteiger partial charge in [0.1, 0.15) is 6.04 Å². The van der Waals surface area contributed by atoms with Crippen molar-refractivity contribution in [2.45, 2.75) is 52.8 Å². The Kier molecular flexibility index (Phi) is 8.48. The van der Waals surface area contributed by atoms with E-state index >= 15 is 0 Å². The van der Waals surface area contributed by atoms with E-state index in [-0.39, 0.29) is 28.8 Å². The first-order chi connectivity index (χ1) is 9.15. The third kappa shape index (κ3) is 7.49. The summed E-state index contributed by atoms with van der Waals surface area (Å²) in [5.41, 5.74) is 5.73. The quantitative estimate of drug-likeness (QED) is 0.671. The lowest BCUT2D eigenvalue weighted by molar-refractivity contribution is -0.150. The number of rotatable bonds is 7. The predicted octanol–water partition coefficient (Wildman–Crippen LogP) is 0.686. The van der Waals surface area contributed by atoms with Crippen LogP contribution in [0.5, 0.6) is 0 Å². The molecule has 20 heavy (non-hydrogen) atoms. The molecular weight excluding hydrogens is 280 g/mol. The summed E-state index contributed by atoms with van der Waals surface area (Å²) in [7, 11) is 0. The van der Waals surface area contributed by atoms with Crippen LogP contribution >= 0.6 is 11.8 Å². The Balaban J connectivity index is 4.55. The molecular formula is C13H24N2O4S. The summed E-state index contributed by atoms with van der Waals surface area (Å²) in [5.74, 6) is -0.757. The molecule has 116 valence electrons. The van der Waals surface area contributed by atoms with Gasteiger partial charge in [0.05, 0.1) is 12.1 Å². The Morgan fingerprint density at radius 3 is 2.15 bits per heavy atom. The van der Waals surface area contributed by atoms with E-state index in [0.29, 0.717) is 0 Å². The minimum Gasteiger partial charge on any atom is -0.461 e. The molecule has 0 saturated heterocycles. The number of hydrogen-bond acceptors (Lipinski definition) is 6. The molecule has 7 heteroatoms. The lowest BCUT2D eigenvalue weighted by atomic mass is 10.1. The lowest BCUT2D eigenvalue weighted by Crippen LogP contribution is -2.44. The Morgan fingerprint density at radius 1 is 1.20 bits per heavy atom. The SMILES string of the molecule is CC(=O)N[C@@H](CSC(=O)[C@@H](N)C(C)C)C(=O)OC(C)C. The number of nitrogens with two attached hydrogens (primary N) is 1. The number of carbonyl (C=O) groups is 3. The summed E-state index contributed by atoms with van der Waals surface area (Å²) < 4.78 is 5.04. The van der Waals surface area contributed by atoms with Gasteiger partial charge in [-0.05, 0) is 19.8 Å². The van der Waals surface area contributed by atoms with Gasteiger partial charge in [0, 0.05) is 12.7 Å². The van der Waals surface area contributed by atoms with Gasteiger partial charge in [-0.2, -0.15) is 0 Å². The second-order valence-corrected chi connectivity index (χ2v) is 6.16. The molecule has 0 aliphatic rings. The van der Waals surface area contributed by atoms with Crippen molar-refractivity contribution >= 4 is 28.8 Å². The van der Waals surface area contributed by atoms with Crippen LogP contribution in [0, 0.1) is 5.92 Å². The molecule has 0 spiro atoms. The van der Waals surface area contributed by atoms with Gasteiger partial charge in [0.15, 0.2) is 0 Å². The normalized spacial score (nSPS) is 14.0. The van der Waals surface area contributed by atoms with Crippen LogP contribution in [-0.2, 0) is 19.1 Å². The molecule has 0 bridgehead atoms. The zero-order chi connectivity index (χ0) is 15.9. The maximum atomic E-state index is 11.8. The van der Waals surface area contributed by atoms with Gasteiger partial charge in [-0.3, -0.25) is 9.59 Å². The zero-order valence-electron chi connectivity index (χ0n) is 12.6.